The fourth-order valence-electron chi connectivity index (χ4n) is 2.02. The van der Waals surface area contributed by atoms with Crippen molar-refractivity contribution in [1.82, 2.24) is 24.9 Å². The van der Waals surface area contributed by atoms with Gasteiger partial charge < -0.3 is 14.8 Å². The quantitative estimate of drug-likeness (QED) is 0.812. The molecule has 2 N–H and O–H groups in total. The highest BCUT2D eigenvalue weighted by molar-refractivity contribution is 7.98. The standard InChI is InChI=1S/C12H18N6OS/c1-7(2)18-9(5-13)15-16-12(18)20-6-10-14-11(17-19-10)8-3-4-8/h7-8H,3-6,13H2,1-2H3. The highest BCUT2D eigenvalue weighted by atomic mass is 32.2. The average molecular weight is 294 g/mol. The van der Waals surface area contributed by atoms with Gasteiger partial charge in [-0.1, -0.05) is 16.9 Å². The van der Waals surface area contributed by atoms with Crippen LogP contribution in [-0.2, 0) is 12.3 Å². The monoisotopic (exact) mass is 294 g/mol. The van der Waals surface area contributed by atoms with Gasteiger partial charge in [0, 0.05) is 12.0 Å². The van der Waals surface area contributed by atoms with E-state index in [1.807, 2.05) is 4.57 Å². The van der Waals surface area contributed by atoms with Gasteiger partial charge in [0.2, 0.25) is 5.89 Å². The molecule has 0 aliphatic heterocycles. The molecule has 108 valence electrons. The summed E-state index contributed by atoms with van der Waals surface area (Å²) in [5, 5.41) is 13.1. The first-order valence-corrected chi connectivity index (χ1v) is 7.76. The van der Waals surface area contributed by atoms with Crippen LogP contribution in [-0.4, -0.2) is 24.9 Å². The summed E-state index contributed by atoms with van der Waals surface area (Å²) in [6, 6.07) is 0.274. The van der Waals surface area contributed by atoms with E-state index in [1.54, 1.807) is 11.8 Å². The zero-order chi connectivity index (χ0) is 14.1. The lowest BCUT2D eigenvalue weighted by Gasteiger charge is -2.11. The molecule has 0 atom stereocenters. The summed E-state index contributed by atoms with van der Waals surface area (Å²) in [6.07, 6.45) is 2.35. The maximum atomic E-state index is 5.68. The Kier molecular flexibility index (Phi) is 3.75. The summed E-state index contributed by atoms with van der Waals surface area (Å²) in [5.74, 6) is 3.40. The van der Waals surface area contributed by atoms with Crippen molar-refractivity contribution in [2.45, 2.75) is 56.1 Å². The minimum absolute atomic E-state index is 0.274. The van der Waals surface area contributed by atoms with Gasteiger partial charge in [0.15, 0.2) is 11.0 Å². The number of hydrogen-bond acceptors (Lipinski definition) is 7. The predicted octanol–water partition coefficient (Wildman–Crippen LogP) is 1.87. The van der Waals surface area contributed by atoms with Gasteiger partial charge in [0.1, 0.15) is 5.82 Å². The van der Waals surface area contributed by atoms with Gasteiger partial charge in [-0.2, -0.15) is 4.98 Å². The molecule has 20 heavy (non-hydrogen) atoms. The number of hydrogen-bond donors (Lipinski definition) is 1. The third-order valence-corrected chi connectivity index (χ3v) is 4.11. The number of rotatable bonds is 6. The Labute approximate surface area is 121 Å². The van der Waals surface area contributed by atoms with Crippen LogP contribution < -0.4 is 5.73 Å². The van der Waals surface area contributed by atoms with E-state index in [2.05, 4.69) is 34.2 Å². The van der Waals surface area contributed by atoms with Gasteiger partial charge in [-0.3, -0.25) is 0 Å². The summed E-state index contributed by atoms with van der Waals surface area (Å²) < 4.78 is 7.30. The molecule has 0 spiro atoms. The first-order valence-electron chi connectivity index (χ1n) is 6.78. The molecule has 3 rings (SSSR count). The molecule has 2 aromatic rings. The van der Waals surface area contributed by atoms with E-state index < -0.39 is 0 Å². The van der Waals surface area contributed by atoms with E-state index in [0.717, 1.165) is 16.8 Å². The van der Waals surface area contributed by atoms with Crippen molar-refractivity contribution in [1.29, 1.82) is 0 Å². The lowest BCUT2D eigenvalue weighted by Crippen LogP contribution is -2.11. The number of nitrogens with zero attached hydrogens (tertiary/aromatic N) is 5. The fourth-order valence-corrected chi connectivity index (χ4v) is 2.95. The van der Waals surface area contributed by atoms with Crippen LogP contribution in [0.2, 0.25) is 0 Å². The molecule has 0 bridgehead atoms. The summed E-state index contributed by atoms with van der Waals surface area (Å²) in [7, 11) is 0. The number of aromatic nitrogens is 5. The van der Waals surface area contributed by atoms with E-state index in [0.29, 0.717) is 24.1 Å². The maximum absolute atomic E-state index is 5.68. The Morgan fingerprint density at radius 2 is 2.20 bits per heavy atom. The highest BCUT2D eigenvalue weighted by Crippen LogP contribution is 2.38. The van der Waals surface area contributed by atoms with Crippen LogP contribution in [0.5, 0.6) is 0 Å². The van der Waals surface area contributed by atoms with E-state index in [1.165, 1.54) is 12.8 Å². The van der Waals surface area contributed by atoms with Crippen molar-refractivity contribution in [3.05, 3.63) is 17.5 Å². The molecule has 7 nitrogen and oxygen atoms in total. The first kappa shape index (κ1) is 13.6. The minimum Gasteiger partial charge on any atom is -0.338 e. The zero-order valence-corrected chi connectivity index (χ0v) is 12.4. The topological polar surface area (TPSA) is 95.7 Å². The van der Waals surface area contributed by atoms with Crippen LogP contribution >= 0.6 is 11.8 Å². The maximum Gasteiger partial charge on any atom is 0.237 e. The lowest BCUT2D eigenvalue weighted by atomic mass is 10.4. The molecule has 2 heterocycles. The van der Waals surface area contributed by atoms with Crippen molar-refractivity contribution < 1.29 is 4.52 Å². The second-order valence-corrected chi connectivity index (χ2v) is 6.12. The van der Waals surface area contributed by atoms with Crippen LogP contribution in [0.25, 0.3) is 0 Å². The second kappa shape index (κ2) is 5.53. The largest absolute Gasteiger partial charge is 0.338 e. The second-order valence-electron chi connectivity index (χ2n) is 5.18. The van der Waals surface area contributed by atoms with Crippen molar-refractivity contribution in [3.8, 4) is 0 Å². The van der Waals surface area contributed by atoms with Crippen LogP contribution in [0.4, 0.5) is 0 Å². The molecular weight excluding hydrogens is 276 g/mol. The van der Waals surface area contributed by atoms with Crippen molar-refractivity contribution in [2.24, 2.45) is 5.73 Å². The molecule has 0 unspecified atom stereocenters. The van der Waals surface area contributed by atoms with E-state index in [-0.39, 0.29) is 6.04 Å². The third-order valence-electron chi connectivity index (χ3n) is 3.19. The van der Waals surface area contributed by atoms with Crippen molar-refractivity contribution >= 4 is 11.8 Å². The lowest BCUT2D eigenvalue weighted by molar-refractivity contribution is 0.385. The molecular formula is C12H18N6OS. The van der Waals surface area contributed by atoms with Crippen LogP contribution in [0.1, 0.15) is 56.2 Å². The van der Waals surface area contributed by atoms with Crippen LogP contribution in [0.3, 0.4) is 0 Å². The van der Waals surface area contributed by atoms with Gasteiger partial charge in [-0.25, -0.2) is 0 Å². The zero-order valence-electron chi connectivity index (χ0n) is 11.6. The van der Waals surface area contributed by atoms with E-state index >= 15 is 0 Å². The molecule has 0 radical (unpaired) electrons. The van der Waals surface area contributed by atoms with Gasteiger partial charge in [-0.05, 0) is 26.7 Å². The molecule has 1 fully saturated rings. The normalized spacial score (nSPS) is 15.2. The molecule has 0 saturated heterocycles. The Morgan fingerprint density at radius 1 is 1.40 bits per heavy atom. The Morgan fingerprint density at radius 3 is 2.85 bits per heavy atom. The van der Waals surface area contributed by atoms with Crippen molar-refractivity contribution in [3.63, 3.8) is 0 Å². The highest BCUT2D eigenvalue weighted by Gasteiger charge is 2.28. The molecule has 1 aliphatic rings. The molecule has 0 amide bonds. The molecule has 2 aromatic heterocycles. The Bertz CT molecular complexity index is 589. The Hall–Kier alpha value is -1.41. The molecule has 8 heteroatoms. The third kappa shape index (κ3) is 2.71. The SMILES string of the molecule is CC(C)n1c(CN)nnc1SCc1nc(C2CC2)no1. The Balaban J connectivity index is 1.69. The van der Waals surface area contributed by atoms with Gasteiger partial charge in [-0.15, -0.1) is 10.2 Å². The smallest absolute Gasteiger partial charge is 0.237 e. The summed E-state index contributed by atoms with van der Waals surface area (Å²) in [6.45, 7) is 4.56. The molecule has 1 aliphatic carbocycles. The van der Waals surface area contributed by atoms with E-state index in [9.17, 15) is 0 Å². The first-order chi connectivity index (χ1) is 9.69. The minimum atomic E-state index is 0.274. The van der Waals surface area contributed by atoms with Crippen LogP contribution in [0, 0.1) is 0 Å². The summed E-state index contributed by atoms with van der Waals surface area (Å²) in [5.41, 5.74) is 5.68. The fraction of sp³-hybridized carbons (Fsp3) is 0.667. The number of thioether (sulfide) groups is 1. The summed E-state index contributed by atoms with van der Waals surface area (Å²) in [4.78, 5) is 4.41. The molecule has 1 saturated carbocycles. The van der Waals surface area contributed by atoms with Crippen molar-refractivity contribution in [2.75, 3.05) is 0 Å². The summed E-state index contributed by atoms with van der Waals surface area (Å²) >= 11 is 1.55. The molecule has 0 aromatic carbocycles. The van der Waals surface area contributed by atoms with Crippen LogP contribution in [0.15, 0.2) is 9.68 Å². The average Bonchev–Trinajstić information content (AvgIpc) is 3.03. The predicted molar refractivity (Wildman–Crippen MR) is 74.1 cm³/mol. The number of nitrogens with two attached hydrogens (primary N) is 1. The van der Waals surface area contributed by atoms with Gasteiger partial charge >= 0.3 is 0 Å². The van der Waals surface area contributed by atoms with Gasteiger partial charge in [0.25, 0.3) is 0 Å². The van der Waals surface area contributed by atoms with Gasteiger partial charge in [0.05, 0.1) is 12.3 Å². The van der Waals surface area contributed by atoms with E-state index in [4.69, 9.17) is 10.3 Å².